The van der Waals surface area contributed by atoms with E-state index < -0.39 is 34.0 Å². The lowest BCUT2D eigenvalue weighted by atomic mass is 9.97. The molecule has 0 spiro atoms. The van der Waals surface area contributed by atoms with Crippen molar-refractivity contribution in [2.75, 3.05) is 0 Å². The van der Waals surface area contributed by atoms with E-state index in [-0.39, 0.29) is 5.56 Å². The van der Waals surface area contributed by atoms with E-state index in [9.17, 15) is 22.7 Å². The summed E-state index contributed by atoms with van der Waals surface area (Å²) in [7, 11) is 0. The molecule has 1 aromatic heterocycles. The van der Waals surface area contributed by atoms with Crippen molar-refractivity contribution in [3.63, 3.8) is 0 Å². The number of pyridine rings is 1. The summed E-state index contributed by atoms with van der Waals surface area (Å²) in [5.41, 5.74) is -3.93. The Morgan fingerprint density at radius 2 is 1.89 bits per heavy atom. The van der Waals surface area contributed by atoms with Crippen LogP contribution in [-0.4, -0.2) is 16.3 Å². The average Bonchev–Trinajstić information content (AvgIpc) is 2.17. The summed E-state index contributed by atoms with van der Waals surface area (Å²) in [6, 6.07) is 0.789. The number of hydrogen-bond acceptors (Lipinski definition) is 2. The molecule has 0 saturated carbocycles. The fourth-order valence-electron chi connectivity index (χ4n) is 1.24. The second-order valence-corrected chi connectivity index (χ2v) is 4.55. The highest BCUT2D eigenvalue weighted by Crippen LogP contribution is 2.35. The van der Waals surface area contributed by atoms with Crippen LogP contribution in [-0.2, 0) is 5.60 Å². The Morgan fingerprint density at radius 1 is 1.39 bits per heavy atom. The summed E-state index contributed by atoms with van der Waals surface area (Å²) in [6.07, 6.45) is -4.70. The third-order valence-corrected chi connectivity index (χ3v) is 2.48. The number of aromatic nitrogens is 1. The third-order valence-electron chi connectivity index (χ3n) is 2.23. The van der Waals surface area contributed by atoms with Crippen LogP contribution in [0.4, 0.5) is 17.6 Å². The fraction of sp³-hybridized carbons (Fsp3) is 0.364. The van der Waals surface area contributed by atoms with E-state index in [0.29, 0.717) is 0 Å². The molecule has 0 aliphatic heterocycles. The number of alkyl halides is 3. The molecule has 1 aromatic rings. The van der Waals surface area contributed by atoms with Crippen molar-refractivity contribution in [3.8, 4) is 0 Å². The summed E-state index contributed by atoms with van der Waals surface area (Å²) >= 11 is 5.41. The Balaban J connectivity index is 3.43. The molecule has 0 atom stereocenters. The van der Waals surface area contributed by atoms with Gasteiger partial charge in [0, 0.05) is 5.56 Å². The molecule has 0 saturated heterocycles. The molecule has 18 heavy (non-hydrogen) atoms. The predicted molar refractivity (Wildman–Crippen MR) is 59.5 cm³/mol. The van der Waals surface area contributed by atoms with Gasteiger partial charge in [0.05, 0.1) is 16.9 Å². The van der Waals surface area contributed by atoms with Gasteiger partial charge < -0.3 is 5.11 Å². The Morgan fingerprint density at radius 3 is 2.28 bits per heavy atom. The monoisotopic (exact) mass is 283 g/mol. The number of rotatable bonds is 2. The summed E-state index contributed by atoms with van der Waals surface area (Å²) in [4.78, 5) is 3.27. The van der Waals surface area contributed by atoms with Crippen LogP contribution in [0.25, 0.3) is 5.57 Å². The van der Waals surface area contributed by atoms with Crippen LogP contribution < -0.4 is 0 Å². The van der Waals surface area contributed by atoms with Crippen molar-refractivity contribution in [3.05, 3.63) is 34.9 Å². The maximum absolute atomic E-state index is 13.6. The quantitative estimate of drug-likeness (QED) is 0.663. The zero-order valence-corrected chi connectivity index (χ0v) is 10.3. The Labute approximate surface area is 106 Å². The second kappa shape index (κ2) is 4.51. The first-order valence-corrected chi connectivity index (χ1v) is 5.17. The zero-order valence-electron chi connectivity index (χ0n) is 9.57. The van der Waals surface area contributed by atoms with Gasteiger partial charge in [-0.1, -0.05) is 18.2 Å². The summed E-state index contributed by atoms with van der Waals surface area (Å²) in [5, 5.41) is 8.93. The molecular weight excluding hydrogens is 274 g/mol. The normalized spacial score (nSPS) is 12.7. The molecule has 0 aliphatic carbocycles. The van der Waals surface area contributed by atoms with E-state index in [1.165, 1.54) is 13.8 Å². The molecule has 0 radical (unpaired) electrons. The standard InChI is InChI=1S/C11H10ClF4NO/c1-5(11(14,15)16)7-4-6(10(2,3)18)8(13)9(12)17-7/h4,18H,1H2,2-3H3. The van der Waals surface area contributed by atoms with Gasteiger partial charge in [0.15, 0.2) is 11.0 Å². The van der Waals surface area contributed by atoms with Crippen molar-refractivity contribution >= 4 is 17.2 Å². The van der Waals surface area contributed by atoms with Crippen LogP contribution >= 0.6 is 11.6 Å². The number of nitrogens with zero attached hydrogens (tertiary/aromatic N) is 1. The number of aliphatic hydroxyl groups is 1. The van der Waals surface area contributed by atoms with Gasteiger partial charge in [0.25, 0.3) is 0 Å². The second-order valence-electron chi connectivity index (χ2n) is 4.20. The SMILES string of the molecule is C=C(c1cc(C(C)(C)O)c(F)c(Cl)n1)C(F)(F)F. The van der Waals surface area contributed by atoms with Crippen molar-refractivity contribution < 1.29 is 22.7 Å². The van der Waals surface area contributed by atoms with Gasteiger partial charge in [-0.05, 0) is 19.9 Å². The maximum Gasteiger partial charge on any atom is 0.417 e. The van der Waals surface area contributed by atoms with Crippen molar-refractivity contribution in [1.29, 1.82) is 0 Å². The largest absolute Gasteiger partial charge is 0.417 e. The van der Waals surface area contributed by atoms with Gasteiger partial charge in [0.1, 0.15) is 0 Å². The van der Waals surface area contributed by atoms with E-state index in [1.807, 2.05) is 0 Å². The van der Waals surface area contributed by atoms with E-state index in [1.54, 1.807) is 0 Å². The van der Waals surface area contributed by atoms with Gasteiger partial charge in [0.2, 0.25) is 0 Å². The van der Waals surface area contributed by atoms with Gasteiger partial charge in [-0.25, -0.2) is 9.37 Å². The van der Waals surface area contributed by atoms with Crippen molar-refractivity contribution in [1.82, 2.24) is 4.98 Å². The Bertz CT molecular complexity index is 491. The first-order chi connectivity index (χ1) is 7.94. The minimum Gasteiger partial charge on any atom is -0.386 e. The van der Waals surface area contributed by atoms with Crippen LogP contribution in [0.5, 0.6) is 0 Å². The van der Waals surface area contributed by atoms with Gasteiger partial charge >= 0.3 is 6.18 Å². The fourth-order valence-corrected chi connectivity index (χ4v) is 1.44. The van der Waals surface area contributed by atoms with Crippen LogP contribution in [0, 0.1) is 5.82 Å². The lowest BCUT2D eigenvalue weighted by Crippen LogP contribution is -2.20. The highest BCUT2D eigenvalue weighted by atomic mass is 35.5. The van der Waals surface area contributed by atoms with E-state index in [4.69, 9.17) is 11.6 Å². The van der Waals surface area contributed by atoms with Gasteiger partial charge in [-0.2, -0.15) is 13.2 Å². The summed E-state index contributed by atoms with van der Waals surface area (Å²) in [5.74, 6) is -1.05. The number of halogens is 5. The Kier molecular flexibility index (Phi) is 3.74. The van der Waals surface area contributed by atoms with Gasteiger partial charge in [-0.3, -0.25) is 0 Å². The van der Waals surface area contributed by atoms with E-state index in [0.717, 1.165) is 6.07 Å². The molecule has 0 unspecified atom stereocenters. The van der Waals surface area contributed by atoms with Gasteiger partial charge in [-0.15, -0.1) is 0 Å². The van der Waals surface area contributed by atoms with Crippen LogP contribution in [0.1, 0.15) is 25.1 Å². The molecule has 1 N–H and O–H groups in total. The topological polar surface area (TPSA) is 33.1 Å². The Hall–Kier alpha value is -1.14. The van der Waals surface area contributed by atoms with Crippen molar-refractivity contribution in [2.24, 2.45) is 0 Å². The summed E-state index contributed by atoms with van der Waals surface area (Å²) in [6.45, 7) is 5.29. The lowest BCUT2D eigenvalue weighted by Gasteiger charge is -2.20. The molecule has 100 valence electrons. The first-order valence-electron chi connectivity index (χ1n) is 4.80. The minimum absolute atomic E-state index is 0.372. The maximum atomic E-state index is 13.6. The van der Waals surface area contributed by atoms with Crippen molar-refractivity contribution in [2.45, 2.75) is 25.6 Å². The van der Waals surface area contributed by atoms with Crippen LogP contribution in [0.15, 0.2) is 12.6 Å². The molecule has 7 heteroatoms. The van der Waals surface area contributed by atoms with E-state index in [2.05, 4.69) is 11.6 Å². The molecule has 1 rings (SSSR count). The van der Waals surface area contributed by atoms with Crippen LogP contribution in [0.3, 0.4) is 0 Å². The summed E-state index contributed by atoms with van der Waals surface area (Å²) < 4.78 is 50.9. The molecule has 0 aromatic carbocycles. The number of allylic oxidation sites excluding steroid dienone is 1. The van der Waals surface area contributed by atoms with Crippen LogP contribution in [0.2, 0.25) is 5.15 Å². The molecule has 0 amide bonds. The zero-order chi connectivity index (χ0) is 14.3. The lowest BCUT2D eigenvalue weighted by molar-refractivity contribution is -0.0689. The molecule has 1 heterocycles. The van der Waals surface area contributed by atoms with E-state index >= 15 is 0 Å². The molecule has 0 bridgehead atoms. The molecule has 2 nitrogen and oxygen atoms in total. The molecule has 0 aliphatic rings. The average molecular weight is 284 g/mol. The molecular formula is C11H10ClF4NO. The molecule has 0 fully saturated rings. The highest BCUT2D eigenvalue weighted by Gasteiger charge is 2.35. The predicted octanol–water partition coefficient (Wildman–Crippen LogP) is 3.68. The third kappa shape index (κ3) is 3.00. The highest BCUT2D eigenvalue weighted by molar-refractivity contribution is 6.29. The first kappa shape index (κ1) is 14.9. The minimum atomic E-state index is -4.70. The smallest absolute Gasteiger partial charge is 0.386 e. The number of hydrogen-bond donors (Lipinski definition) is 1.